The second-order valence-electron chi connectivity index (χ2n) is 7.75. The highest BCUT2D eigenvalue weighted by molar-refractivity contribution is 7.12. The average Bonchev–Trinajstić information content (AvgIpc) is 3.12. The molecule has 2 fully saturated rings. The van der Waals surface area contributed by atoms with Gasteiger partial charge in [0.25, 0.3) is 0 Å². The molecule has 0 unspecified atom stereocenters. The number of nitrogens with zero attached hydrogens (tertiary/aromatic N) is 1. The van der Waals surface area contributed by atoms with Gasteiger partial charge in [0.05, 0.1) is 18.9 Å². The first-order valence-electron chi connectivity index (χ1n) is 9.68. The van der Waals surface area contributed by atoms with Crippen LogP contribution >= 0.6 is 11.3 Å². The van der Waals surface area contributed by atoms with Gasteiger partial charge in [-0.25, -0.2) is 4.79 Å². The molecule has 0 atom stereocenters. The Balaban J connectivity index is 1.88. The van der Waals surface area contributed by atoms with Crippen molar-refractivity contribution in [3.63, 3.8) is 0 Å². The summed E-state index contributed by atoms with van der Waals surface area (Å²) < 4.78 is 4.92. The Kier molecular flexibility index (Phi) is 6.35. The van der Waals surface area contributed by atoms with Crippen LogP contribution in [0.5, 0.6) is 0 Å². The third kappa shape index (κ3) is 4.12. The summed E-state index contributed by atoms with van der Waals surface area (Å²) in [6.07, 6.45) is 6.68. The quantitative estimate of drug-likeness (QED) is 0.803. The zero-order valence-electron chi connectivity index (χ0n) is 15.6. The number of hydrogen-bond donors (Lipinski definition) is 1. The Morgan fingerprint density at radius 3 is 2.38 bits per heavy atom. The number of methoxy groups -OCH3 is 1. The molecule has 0 aromatic carbocycles. The van der Waals surface area contributed by atoms with Crippen molar-refractivity contribution in [3.05, 3.63) is 16.3 Å². The Hall–Kier alpha value is -1.40. The van der Waals surface area contributed by atoms with E-state index in [-0.39, 0.29) is 29.9 Å². The number of carbonyl (C=O) groups is 2. The van der Waals surface area contributed by atoms with Crippen LogP contribution in [0.4, 0.5) is 5.69 Å². The van der Waals surface area contributed by atoms with E-state index in [9.17, 15) is 14.7 Å². The minimum atomic E-state index is -0.388. The van der Waals surface area contributed by atoms with E-state index in [4.69, 9.17) is 4.74 Å². The van der Waals surface area contributed by atoms with Gasteiger partial charge in [0.1, 0.15) is 4.88 Å². The fraction of sp³-hybridized carbons (Fsp3) is 0.700. The molecule has 2 aliphatic carbocycles. The molecule has 26 heavy (non-hydrogen) atoms. The molecule has 2 saturated carbocycles. The summed E-state index contributed by atoms with van der Waals surface area (Å²) in [5.74, 6) is 0.468. The molecular weight excluding hydrogens is 350 g/mol. The second kappa shape index (κ2) is 8.53. The first-order chi connectivity index (χ1) is 12.5. The van der Waals surface area contributed by atoms with Gasteiger partial charge in [-0.05, 0) is 68.7 Å². The summed E-state index contributed by atoms with van der Waals surface area (Å²) in [5.41, 5.74) is 0.687. The Morgan fingerprint density at radius 1 is 1.12 bits per heavy atom. The number of amides is 1. The van der Waals surface area contributed by atoms with Crippen LogP contribution < -0.4 is 4.90 Å². The number of aliphatic hydroxyl groups is 1. The van der Waals surface area contributed by atoms with Crippen LogP contribution in [0.3, 0.4) is 0 Å². The smallest absolute Gasteiger partial charge is 0.350 e. The molecule has 1 N–H and O–H groups in total. The average molecular weight is 380 g/mol. The highest BCUT2D eigenvalue weighted by Gasteiger charge is 2.36. The lowest BCUT2D eigenvalue weighted by atomic mass is 9.81. The zero-order valence-corrected chi connectivity index (χ0v) is 16.5. The lowest BCUT2D eigenvalue weighted by Gasteiger charge is -2.38. The zero-order chi connectivity index (χ0) is 18.7. The van der Waals surface area contributed by atoms with Crippen LogP contribution in [0.2, 0.25) is 0 Å². The van der Waals surface area contributed by atoms with E-state index in [1.165, 1.54) is 18.4 Å². The fourth-order valence-corrected chi connectivity index (χ4v) is 5.05. The van der Waals surface area contributed by atoms with Crippen molar-refractivity contribution in [3.8, 4) is 0 Å². The topological polar surface area (TPSA) is 66.8 Å². The Labute approximate surface area is 159 Å². The summed E-state index contributed by atoms with van der Waals surface area (Å²) in [5, 5.41) is 11.7. The van der Waals surface area contributed by atoms with Crippen LogP contribution in [0.15, 0.2) is 11.4 Å². The molecule has 1 aromatic rings. The summed E-state index contributed by atoms with van der Waals surface area (Å²) in [7, 11) is 1.37. The van der Waals surface area contributed by atoms with Crippen molar-refractivity contribution in [1.82, 2.24) is 0 Å². The van der Waals surface area contributed by atoms with Gasteiger partial charge in [0.2, 0.25) is 5.91 Å². The molecule has 3 rings (SSSR count). The first kappa shape index (κ1) is 19.4. The van der Waals surface area contributed by atoms with Crippen molar-refractivity contribution in [2.45, 2.75) is 70.4 Å². The summed E-state index contributed by atoms with van der Waals surface area (Å²) in [4.78, 5) is 28.0. The molecule has 1 heterocycles. The largest absolute Gasteiger partial charge is 0.465 e. The number of carbonyl (C=O) groups excluding carboxylic acids is 2. The van der Waals surface area contributed by atoms with Crippen molar-refractivity contribution in [1.29, 1.82) is 0 Å². The lowest BCUT2D eigenvalue weighted by Crippen LogP contribution is -2.47. The van der Waals surface area contributed by atoms with Crippen molar-refractivity contribution < 1.29 is 19.4 Å². The van der Waals surface area contributed by atoms with Crippen LogP contribution in [0, 0.1) is 11.8 Å². The molecule has 6 heteroatoms. The van der Waals surface area contributed by atoms with Gasteiger partial charge in [0.15, 0.2) is 0 Å². The molecule has 0 aliphatic heterocycles. The van der Waals surface area contributed by atoms with E-state index in [2.05, 4.69) is 6.92 Å². The summed E-state index contributed by atoms with van der Waals surface area (Å²) in [6, 6.07) is 1.91. The van der Waals surface area contributed by atoms with Gasteiger partial charge in [-0.1, -0.05) is 6.92 Å². The molecule has 144 valence electrons. The van der Waals surface area contributed by atoms with Crippen LogP contribution in [0.1, 0.15) is 68.0 Å². The van der Waals surface area contributed by atoms with E-state index < -0.39 is 0 Å². The molecule has 2 aliphatic rings. The SMILES string of the molecule is COC(=O)c1sccc1N(C(=O)[C@H]1CC[C@H](C)CC1)[C@H]1CC[C@H](O)CC1. The van der Waals surface area contributed by atoms with E-state index in [0.717, 1.165) is 38.5 Å². The van der Waals surface area contributed by atoms with Gasteiger partial charge in [-0.2, -0.15) is 0 Å². The van der Waals surface area contributed by atoms with E-state index in [0.29, 0.717) is 29.3 Å². The van der Waals surface area contributed by atoms with Crippen molar-refractivity contribution >= 4 is 28.9 Å². The Bertz CT molecular complexity index is 628. The lowest BCUT2D eigenvalue weighted by molar-refractivity contribution is -0.124. The van der Waals surface area contributed by atoms with Gasteiger partial charge >= 0.3 is 5.97 Å². The molecule has 0 radical (unpaired) electrons. The van der Waals surface area contributed by atoms with E-state index >= 15 is 0 Å². The van der Waals surface area contributed by atoms with Crippen LogP contribution in [0.25, 0.3) is 0 Å². The predicted molar refractivity (Wildman–Crippen MR) is 103 cm³/mol. The number of thiophene rings is 1. The number of rotatable bonds is 4. The van der Waals surface area contributed by atoms with Crippen LogP contribution in [-0.4, -0.2) is 36.2 Å². The molecule has 5 nitrogen and oxygen atoms in total. The van der Waals surface area contributed by atoms with Crippen molar-refractivity contribution in [2.75, 3.05) is 12.0 Å². The molecular formula is C20H29NO4S. The number of anilines is 1. The monoisotopic (exact) mass is 379 g/mol. The molecule has 1 aromatic heterocycles. The third-order valence-corrected chi connectivity index (χ3v) is 6.79. The summed E-state index contributed by atoms with van der Waals surface area (Å²) in [6.45, 7) is 2.25. The molecule has 0 saturated heterocycles. The maximum atomic E-state index is 13.5. The fourth-order valence-electron chi connectivity index (χ4n) is 4.25. The van der Waals surface area contributed by atoms with Gasteiger partial charge in [-0.3, -0.25) is 4.79 Å². The maximum absolute atomic E-state index is 13.5. The predicted octanol–water partition coefficient (Wildman–Crippen LogP) is 4.00. The minimum Gasteiger partial charge on any atom is -0.465 e. The number of aliphatic hydroxyl groups excluding tert-OH is 1. The Morgan fingerprint density at radius 2 is 1.77 bits per heavy atom. The van der Waals surface area contributed by atoms with Crippen molar-refractivity contribution in [2.24, 2.45) is 11.8 Å². The van der Waals surface area contributed by atoms with Gasteiger partial charge in [-0.15, -0.1) is 11.3 Å². The maximum Gasteiger partial charge on any atom is 0.350 e. The highest BCUT2D eigenvalue weighted by atomic mass is 32.1. The third-order valence-electron chi connectivity index (χ3n) is 5.91. The summed E-state index contributed by atoms with van der Waals surface area (Å²) >= 11 is 1.32. The van der Waals surface area contributed by atoms with E-state index in [1.807, 2.05) is 16.3 Å². The van der Waals surface area contributed by atoms with Crippen LogP contribution in [-0.2, 0) is 9.53 Å². The normalized spacial score (nSPS) is 29.2. The van der Waals surface area contributed by atoms with E-state index in [1.54, 1.807) is 0 Å². The van der Waals surface area contributed by atoms with Gasteiger partial charge in [0, 0.05) is 12.0 Å². The minimum absolute atomic E-state index is 0.0310. The highest BCUT2D eigenvalue weighted by Crippen LogP contribution is 2.37. The number of ether oxygens (including phenoxy) is 1. The first-order valence-corrected chi connectivity index (χ1v) is 10.6. The second-order valence-corrected chi connectivity index (χ2v) is 8.67. The van der Waals surface area contributed by atoms with Gasteiger partial charge < -0.3 is 14.7 Å². The molecule has 0 spiro atoms. The number of hydrogen-bond acceptors (Lipinski definition) is 5. The number of esters is 1. The molecule has 1 amide bonds. The molecule has 0 bridgehead atoms. The standard InChI is InChI=1S/C20H29NO4S/c1-13-3-5-14(6-4-13)19(23)21(15-7-9-16(22)10-8-15)17-11-12-26-18(17)20(24)25-2/h11-16,22H,3-10H2,1-2H3/t13-,14-,15-,16-.